The van der Waals surface area contributed by atoms with E-state index in [1.54, 1.807) is 6.07 Å². The van der Waals surface area contributed by atoms with Crippen molar-refractivity contribution in [2.24, 2.45) is 0 Å². The van der Waals surface area contributed by atoms with Gasteiger partial charge in [-0.15, -0.1) is 0 Å². The summed E-state index contributed by atoms with van der Waals surface area (Å²) in [5.74, 6) is 0.325. The Balaban J connectivity index is 1.86. The van der Waals surface area contributed by atoms with Crippen LogP contribution in [0.4, 0.5) is 0 Å². The van der Waals surface area contributed by atoms with Gasteiger partial charge in [0.1, 0.15) is 6.33 Å². The number of carbonyl (C=O) groups excluding carboxylic acids is 1. The summed E-state index contributed by atoms with van der Waals surface area (Å²) in [5.41, 5.74) is 3.30. The van der Waals surface area contributed by atoms with Crippen LogP contribution < -0.4 is 5.32 Å². The molecular weight excluding hydrogens is 316 g/mol. The molecule has 1 unspecified atom stereocenters. The average molecular weight is 336 g/mol. The van der Waals surface area contributed by atoms with Crippen molar-refractivity contribution in [3.8, 4) is 11.4 Å². The number of hydrogen-bond donors (Lipinski definition) is 3. The van der Waals surface area contributed by atoms with Crippen LogP contribution >= 0.6 is 0 Å². The van der Waals surface area contributed by atoms with Gasteiger partial charge in [-0.1, -0.05) is 48.0 Å². The summed E-state index contributed by atoms with van der Waals surface area (Å²) in [5, 5.41) is 19.0. The van der Waals surface area contributed by atoms with Crippen LogP contribution in [-0.4, -0.2) is 32.8 Å². The minimum absolute atomic E-state index is 0.0113. The minimum Gasteiger partial charge on any atom is -0.396 e. The fraction of sp³-hybridized carbons (Fsp3) is 0.211. The molecule has 1 aromatic heterocycles. The third kappa shape index (κ3) is 3.92. The second-order valence-corrected chi connectivity index (χ2v) is 5.83. The number of H-pyrrole nitrogens is 1. The lowest BCUT2D eigenvalue weighted by Crippen LogP contribution is -2.29. The number of rotatable bonds is 6. The van der Waals surface area contributed by atoms with E-state index in [0.717, 1.165) is 11.1 Å². The van der Waals surface area contributed by atoms with E-state index in [0.29, 0.717) is 23.4 Å². The first-order valence-electron chi connectivity index (χ1n) is 8.12. The summed E-state index contributed by atoms with van der Waals surface area (Å²) < 4.78 is 0. The van der Waals surface area contributed by atoms with Gasteiger partial charge >= 0.3 is 0 Å². The molecule has 0 bridgehead atoms. The second-order valence-electron chi connectivity index (χ2n) is 5.83. The lowest BCUT2D eigenvalue weighted by atomic mass is 10.0. The van der Waals surface area contributed by atoms with Gasteiger partial charge in [-0.25, -0.2) is 4.98 Å². The molecule has 25 heavy (non-hydrogen) atoms. The second kappa shape index (κ2) is 7.72. The largest absolute Gasteiger partial charge is 0.396 e. The normalized spacial score (nSPS) is 11.9. The molecule has 6 nitrogen and oxygen atoms in total. The van der Waals surface area contributed by atoms with Crippen molar-refractivity contribution in [3.05, 3.63) is 71.5 Å². The number of aliphatic hydroxyl groups excluding tert-OH is 1. The van der Waals surface area contributed by atoms with Crippen molar-refractivity contribution in [1.82, 2.24) is 20.5 Å². The lowest BCUT2D eigenvalue weighted by molar-refractivity contribution is 0.0930. The Kier molecular flexibility index (Phi) is 5.20. The predicted molar refractivity (Wildman–Crippen MR) is 94.9 cm³/mol. The van der Waals surface area contributed by atoms with Crippen molar-refractivity contribution in [2.45, 2.75) is 19.4 Å². The van der Waals surface area contributed by atoms with Crippen molar-refractivity contribution < 1.29 is 9.90 Å². The molecule has 3 N–H and O–H groups in total. The van der Waals surface area contributed by atoms with Crippen LogP contribution in [0.3, 0.4) is 0 Å². The van der Waals surface area contributed by atoms with Gasteiger partial charge in [0.2, 0.25) is 0 Å². The topological polar surface area (TPSA) is 90.9 Å². The zero-order valence-electron chi connectivity index (χ0n) is 13.9. The Morgan fingerprint density at radius 1 is 1.20 bits per heavy atom. The summed E-state index contributed by atoms with van der Waals surface area (Å²) in [7, 11) is 0. The van der Waals surface area contributed by atoms with Crippen LogP contribution in [0, 0.1) is 6.92 Å². The van der Waals surface area contributed by atoms with Gasteiger partial charge in [-0.05, 0) is 25.0 Å². The molecule has 6 heteroatoms. The number of nitrogens with one attached hydrogen (secondary N) is 2. The first kappa shape index (κ1) is 16.9. The molecule has 0 radical (unpaired) electrons. The van der Waals surface area contributed by atoms with E-state index >= 15 is 0 Å². The number of amides is 1. The Labute approximate surface area is 145 Å². The van der Waals surface area contributed by atoms with Gasteiger partial charge in [0, 0.05) is 12.2 Å². The number of hydrogen-bond acceptors (Lipinski definition) is 4. The highest BCUT2D eigenvalue weighted by Crippen LogP contribution is 2.22. The van der Waals surface area contributed by atoms with Gasteiger partial charge in [0.25, 0.3) is 5.91 Å². The van der Waals surface area contributed by atoms with Crippen molar-refractivity contribution in [2.75, 3.05) is 6.61 Å². The van der Waals surface area contributed by atoms with E-state index in [-0.39, 0.29) is 18.6 Å². The molecule has 1 atom stereocenters. The van der Waals surface area contributed by atoms with Crippen molar-refractivity contribution >= 4 is 5.91 Å². The first-order valence-corrected chi connectivity index (χ1v) is 8.12. The van der Waals surface area contributed by atoms with Crippen LogP contribution in [0.15, 0.2) is 54.9 Å². The minimum atomic E-state index is -0.263. The van der Waals surface area contributed by atoms with E-state index in [1.165, 1.54) is 6.33 Å². The Hall–Kier alpha value is -2.99. The van der Waals surface area contributed by atoms with Crippen molar-refractivity contribution in [3.63, 3.8) is 0 Å². The highest BCUT2D eigenvalue weighted by Gasteiger charge is 2.19. The number of aromatic nitrogens is 3. The molecule has 3 rings (SSSR count). The van der Waals surface area contributed by atoms with Gasteiger partial charge in [-0.2, -0.15) is 5.10 Å². The monoisotopic (exact) mass is 336 g/mol. The molecule has 0 aliphatic carbocycles. The van der Waals surface area contributed by atoms with Gasteiger partial charge in [0.15, 0.2) is 5.82 Å². The molecule has 0 fully saturated rings. The maximum absolute atomic E-state index is 12.8. The molecule has 3 aromatic rings. The summed E-state index contributed by atoms with van der Waals surface area (Å²) >= 11 is 0. The first-order chi connectivity index (χ1) is 12.2. The molecule has 0 aliphatic heterocycles. The van der Waals surface area contributed by atoms with Crippen LogP contribution in [0.1, 0.15) is 33.9 Å². The third-order valence-corrected chi connectivity index (χ3v) is 4.04. The smallest absolute Gasteiger partial charge is 0.252 e. The van der Waals surface area contributed by atoms with Crippen LogP contribution in [0.5, 0.6) is 0 Å². The molecular formula is C19H20N4O2. The molecule has 1 heterocycles. The number of aliphatic hydroxyl groups is 1. The summed E-state index contributed by atoms with van der Waals surface area (Å²) in [6, 6.07) is 14.9. The quantitative estimate of drug-likeness (QED) is 0.645. The van der Waals surface area contributed by atoms with Crippen LogP contribution in [-0.2, 0) is 0 Å². The van der Waals surface area contributed by atoms with Gasteiger partial charge in [-0.3, -0.25) is 9.89 Å². The van der Waals surface area contributed by atoms with Crippen LogP contribution in [0.2, 0.25) is 0 Å². The number of nitrogens with zero attached hydrogens (tertiary/aromatic N) is 2. The van der Waals surface area contributed by atoms with Gasteiger partial charge in [0.05, 0.1) is 11.6 Å². The highest BCUT2D eigenvalue weighted by molar-refractivity contribution is 6.00. The maximum Gasteiger partial charge on any atom is 0.252 e. The Morgan fingerprint density at radius 2 is 1.96 bits per heavy atom. The van der Waals surface area contributed by atoms with Crippen LogP contribution in [0.25, 0.3) is 11.4 Å². The third-order valence-electron chi connectivity index (χ3n) is 4.04. The summed E-state index contributed by atoms with van der Waals surface area (Å²) in [6.45, 7) is 2.00. The lowest BCUT2D eigenvalue weighted by Gasteiger charge is -2.19. The molecule has 0 saturated carbocycles. The average Bonchev–Trinajstić information content (AvgIpc) is 3.16. The molecule has 0 saturated heterocycles. The predicted octanol–water partition coefficient (Wildman–Crippen LogP) is 2.63. The molecule has 0 aliphatic rings. The Morgan fingerprint density at radius 3 is 2.64 bits per heavy atom. The summed E-state index contributed by atoms with van der Waals surface area (Å²) in [6.07, 6.45) is 1.85. The fourth-order valence-corrected chi connectivity index (χ4v) is 2.71. The molecule has 1 amide bonds. The molecule has 2 aromatic carbocycles. The highest BCUT2D eigenvalue weighted by atomic mass is 16.3. The maximum atomic E-state index is 12.8. The van der Waals surface area contributed by atoms with E-state index < -0.39 is 0 Å². The standard InChI is InChI=1S/C19H20N4O2/c1-13-6-8-14(9-7-13)17(10-11-24)22-19(25)16-5-3-2-4-15(16)18-20-12-21-23-18/h2-9,12,17,24H,10-11H2,1H3,(H,22,25)(H,20,21,23). The number of aromatic amines is 1. The molecule has 0 spiro atoms. The zero-order chi connectivity index (χ0) is 17.6. The van der Waals surface area contributed by atoms with Gasteiger partial charge < -0.3 is 10.4 Å². The molecule has 128 valence electrons. The number of carbonyl (C=O) groups is 1. The summed E-state index contributed by atoms with van der Waals surface area (Å²) in [4.78, 5) is 17.0. The van der Waals surface area contributed by atoms with E-state index in [4.69, 9.17) is 0 Å². The fourth-order valence-electron chi connectivity index (χ4n) is 2.71. The van der Waals surface area contributed by atoms with E-state index in [1.807, 2.05) is 49.4 Å². The number of aryl methyl sites for hydroxylation is 1. The SMILES string of the molecule is Cc1ccc(C(CCO)NC(=O)c2ccccc2-c2ncn[nH]2)cc1. The zero-order valence-corrected chi connectivity index (χ0v) is 13.9. The Bertz CT molecular complexity index is 829. The number of benzene rings is 2. The van der Waals surface area contributed by atoms with E-state index in [2.05, 4.69) is 20.5 Å². The van der Waals surface area contributed by atoms with E-state index in [9.17, 15) is 9.90 Å². The van der Waals surface area contributed by atoms with Crippen molar-refractivity contribution in [1.29, 1.82) is 0 Å².